The molecular formula is C13H17NO3S. The van der Waals surface area contributed by atoms with Crippen molar-refractivity contribution in [3.05, 3.63) is 30.3 Å². The molecule has 1 fully saturated rings. The van der Waals surface area contributed by atoms with Crippen molar-refractivity contribution in [3.63, 3.8) is 0 Å². The molecule has 5 heteroatoms. The van der Waals surface area contributed by atoms with Crippen LogP contribution in [0.4, 0.5) is 0 Å². The molecule has 0 aliphatic heterocycles. The number of benzene rings is 1. The maximum Gasteiger partial charge on any atom is 0.194 e. The van der Waals surface area contributed by atoms with Gasteiger partial charge in [-0.3, -0.25) is 4.79 Å². The number of carbonyl (C=O) groups is 1. The van der Waals surface area contributed by atoms with Gasteiger partial charge in [0, 0.05) is 12.8 Å². The molecule has 0 amide bonds. The van der Waals surface area contributed by atoms with Crippen molar-refractivity contribution < 1.29 is 13.2 Å². The molecule has 4 nitrogen and oxygen atoms in total. The van der Waals surface area contributed by atoms with Crippen LogP contribution in [-0.4, -0.2) is 19.6 Å². The first-order valence-electron chi connectivity index (χ1n) is 6.08. The number of ketones is 1. The van der Waals surface area contributed by atoms with Gasteiger partial charge < -0.3 is 5.73 Å². The highest BCUT2D eigenvalue weighted by Gasteiger charge is 2.33. The van der Waals surface area contributed by atoms with E-state index in [1.54, 1.807) is 30.3 Å². The minimum atomic E-state index is -3.49. The Morgan fingerprint density at radius 2 is 1.67 bits per heavy atom. The van der Waals surface area contributed by atoms with E-state index in [1.807, 2.05) is 0 Å². The molecule has 2 rings (SSSR count). The molecule has 1 aliphatic rings. The zero-order valence-corrected chi connectivity index (χ0v) is 10.9. The monoisotopic (exact) mass is 267 g/mol. The van der Waals surface area contributed by atoms with Gasteiger partial charge in [0.2, 0.25) is 0 Å². The summed E-state index contributed by atoms with van der Waals surface area (Å²) in [5.74, 6) is 0.0865. The second kappa shape index (κ2) is 5.20. The molecule has 0 spiro atoms. The van der Waals surface area contributed by atoms with E-state index >= 15 is 0 Å². The quantitative estimate of drug-likeness (QED) is 0.900. The number of hydrogen-bond donors (Lipinski definition) is 1. The predicted molar refractivity (Wildman–Crippen MR) is 68.6 cm³/mol. The molecule has 0 heterocycles. The topological polar surface area (TPSA) is 77.2 Å². The summed E-state index contributed by atoms with van der Waals surface area (Å²) < 4.78 is 24.6. The Morgan fingerprint density at radius 3 is 2.22 bits per heavy atom. The lowest BCUT2D eigenvalue weighted by molar-refractivity contribution is -0.121. The number of hydrogen-bond acceptors (Lipinski definition) is 4. The van der Waals surface area contributed by atoms with Gasteiger partial charge in [-0.05, 0) is 30.9 Å². The van der Waals surface area contributed by atoms with Crippen LogP contribution in [0.5, 0.6) is 0 Å². The van der Waals surface area contributed by atoms with Crippen LogP contribution in [0, 0.1) is 5.92 Å². The molecule has 98 valence electrons. The van der Waals surface area contributed by atoms with Crippen molar-refractivity contribution in [2.45, 2.75) is 36.0 Å². The van der Waals surface area contributed by atoms with Gasteiger partial charge >= 0.3 is 0 Å². The van der Waals surface area contributed by atoms with Crippen molar-refractivity contribution in [1.82, 2.24) is 0 Å². The van der Waals surface area contributed by atoms with Crippen molar-refractivity contribution in [2.24, 2.45) is 11.7 Å². The highest BCUT2D eigenvalue weighted by molar-refractivity contribution is 7.92. The standard InChI is InChI=1S/C13H17NO3S/c14-13(10-6-8-11(15)9-7-10)18(16,17)12-4-2-1-3-5-12/h1-5,10,13H,6-9,14H2. The van der Waals surface area contributed by atoms with E-state index in [0.717, 1.165) is 0 Å². The molecule has 0 bridgehead atoms. The summed E-state index contributed by atoms with van der Waals surface area (Å²) in [6, 6.07) is 8.25. The Balaban J connectivity index is 2.18. The molecule has 1 aromatic carbocycles. The van der Waals surface area contributed by atoms with E-state index in [1.165, 1.54) is 0 Å². The Bertz CT molecular complexity index is 514. The third kappa shape index (κ3) is 2.62. The van der Waals surface area contributed by atoms with E-state index in [9.17, 15) is 13.2 Å². The Hall–Kier alpha value is -1.20. The van der Waals surface area contributed by atoms with E-state index < -0.39 is 15.2 Å². The molecule has 1 atom stereocenters. The number of sulfone groups is 1. The lowest BCUT2D eigenvalue weighted by Gasteiger charge is -2.26. The molecule has 0 aromatic heterocycles. The lowest BCUT2D eigenvalue weighted by atomic mass is 9.88. The van der Waals surface area contributed by atoms with Gasteiger partial charge in [0.05, 0.1) is 4.90 Å². The summed E-state index contributed by atoms with van der Waals surface area (Å²) in [4.78, 5) is 11.4. The summed E-state index contributed by atoms with van der Waals surface area (Å²) in [6.45, 7) is 0. The SMILES string of the molecule is NC(C1CCC(=O)CC1)S(=O)(=O)c1ccccc1. The summed E-state index contributed by atoms with van der Waals surface area (Å²) in [5, 5.41) is -0.909. The third-order valence-corrected chi connectivity index (χ3v) is 5.51. The van der Waals surface area contributed by atoms with Crippen molar-refractivity contribution in [2.75, 3.05) is 0 Å². The zero-order chi connectivity index (χ0) is 13.2. The third-order valence-electron chi connectivity index (χ3n) is 3.48. The number of nitrogens with two attached hydrogens (primary N) is 1. The maximum atomic E-state index is 12.3. The first kappa shape index (κ1) is 13.2. The van der Waals surface area contributed by atoms with Gasteiger partial charge in [-0.2, -0.15) is 0 Å². The molecule has 1 aromatic rings. The Morgan fingerprint density at radius 1 is 1.11 bits per heavy atom. The summed E-state index contributed by atoms with van der Waals surface area (Å²) in [6.07, 6.45) is 2.05. The molecule has 1 unspecified atom stereocenters. The Labute approximate surface area is 107 Å². The lowest BCUT2D eigenvalue weighted by Crippen LogP contribution is -2.40. The van der Waals surface area contributed by atoms with Gasteiger partial charge in [0.15, 0.2) is 9.84 Å². The summed E-state index contributed by atoms with van der Waals surface area (Å²) >= 11 is 0. The average Bonchev–Trinajstić information content (AvgIpc) is 2.40. The highest BCUT2D eigenvalue weighted by Crippen LogP contribution is 2.28. The molecule has 18 heavy (non-hydrogen) atoms. The first-order valence-corrected chi connectivity index (χ1v) is 7.62. The predicted octanol–water partition coefficient (Wildman–Crippen LogP) is 1.50. The normalized spacial score (nSPS) is 19.7. The fraction of sp³-hybridized carbons (Fsp3) is 0.462. The summed E-state index contributed by atoms with van der Waals surface area (Å²) in [7, 11) is -3.49. The van der Waals surface area contributed by atoms with Crippen LogP contribution >= 0.6 is 0 Å². The van der Waals surface area contributed by atoms with E-state index in [4.69, 9.17) is 5.73 Å². The highest BCUT2D eigenvalue weighted by atomic mass is 32.2. The van der Waals surface area contributed by atoms with Crippen LogP contribution in [0.25, 0.3) is 0 Å². The Kier molecular flexibility index (Phi) is 3.82. The minimum absolute atomic E-state index is 0.118. The van der Waals surface area contributed by atoms with Crippen LogP contribution < -0.4 is 5.73 Å². The van der Waals surface area contributed by atoms with Crippen molar-refractivity contribution in [3.8, 4) is 0 Å². The molecule has 0 saturated heterocycles. The van der Waals surface area contributed by atoms with Crippen LogP contribution in [0.15, 0.2) is 35.2 Å². The number of Topliss-reactive ketones (excluding diaryl/α,β-unsaturated/α-hetero) is 1. The van der Waals surface area contributed by atoms with E-state index in [2.05, 4.69) is 0 Å². The smallest absolute Gasteiger partial charge is 0.194 e. The van der Waals surface area contributed by atoms with Crippen LogP contribution in [-0.2, 0) is 14.6 Å². The fourth-order valence-corrected chi connectivity index (χ4v) is 3.94. The maximum absolute atomic E-state index is 12.3. The van der Waals surface area contributed by atoms with Crippen LogP contribution in [0.2, 0.25) is 0 Å². The van der Waals surface area contributed by atoms with Gasteiger partial charge in [-0.1, -0.05) is 18.2 Å². The van der Waals surface area contributed by atoms with Crippen LogP contribution in [0.3, 0.4) is 0 Å². The fourth-order valence-electron chi connectivity index (χ4n) is 2.31. The first-order chi connectivity index (χ1) is 8.51. The number of carbonyl (C=O) groups excluding carboxylic acids is 1. The van der Waals surface area contributed by atoms with Gasteiger partial charge in [-0.15, -0.1) is 0 Å². The van der Waals surface area contributed by atoms with Crippen molar-refractivity contribution in [1.29, 1.82) is 0 Å². The van der Waals surface area contributed by atoms with Gasteiger partial charge in [-0.25, -0.2) is 8.42 Å². The van der Waals surface area contributed by atoms with Gasteiger partial charge in [0.1, 0.15) is 11.2 Å². The zero-order valence-electron chi connectivity index (χ0n) is 10.1. The number of rotatable bonds is 3. The average molecular weight is 267 g/mol. The largest absolute Gasteiger partial charge is 0.315 e. The molecule has 1 saturated carbocycles. The van der Waals surface area contributed by atoms with Crippen LogP contribution in [0.1, 0.15) is 25.7 Å². The van der Waals surface area contributed by atoms with E-state index in [0.29, 0.717) is 25.7 Å². The second-order valence-corrected chi connectivity index (χ2v) is 6.80. The second-order valence-electron chi connectivity index (χ2n) is 4.70. The van der Waals surface area contributed by atoms with Crippen molar-refractivity contribution >= 4 is 15.6 Å². The van der Waals surface area contributed by atoms with E-state index in [-0.39, 0.29) is 16.6 Å². The molecular weight excluding hydrogens is 250 g/mol. The minimum Gasteiger partial charge on any atom is -0.315 e. The van der Waals surface area contributed by atoms with Gasteiger partial charge in [0.25, 0.3) is 0 Å². The molecule has 2 N–H and O–H groups in total. The summed E-state index contributed by atoms with van der Waals surface area (Å²) in [5.41, 5.74) is 5.90. The molecule has 0 radical (unpaired) electrons. The molecule has 1 aliphatic carbocycles.